The molecule has 5 nitrogen and oxygen atoms in total. The number of nitrogens with zero attached hydrogens (tertiary/aromatic N) is 2. The van der Waals surface area contributed by atoms with Gasteiger partial charge in [0.25, 0.3) is 5.91 Å². The molecule has 0 radical (unpaired) electrons. The van der Waals surface area contributed by atoms with Gasteiger partial charge in [-0.3, -0.25) is 4.79 Å². The van der Waals surface area contributed by atoms with Gasteiger partial charge in [-0.15, -0.1) is 0 Å². The third-order valence-electron chi connectivity index (χ3n) is 3.16. The lowest BCUT2D eigenvalue weighted by atomic mass is 10.1. The van der Waals surface area contributed by atoms with E-state index in [-0.39, 0.29) is 5.91 Å². The number of nitrogens with one attached hydrogen (secondary N) is 1. The maximum absolute atomic E-state index is 12.3. The second kappa shape index (κ2) is 6.11. The summed E-state index contributed by atoms with van der Waals surface area (Å²) in [5.74, 6) is 0.0149. The second-order valence-corrected chi connectivity index (χ2v) is 5.62. The molecule has 0 aliphatic carbocycles. The molecule has 0 spiro atoms. The van der Waals surface area contributed by atoms with E-state index in [9.17, 15) is 4.79 Å². The van der Waals surface area contributed by atoms with E-state index in [4.69, 9.17) is 4.63 Å². The van der Waals surface area contributed by atoms with Gasteiger partial charge in [0.1, 0.15) is 0 Å². The molecule has 3 rings (SSSR count). The zero-order valence-electron chi connectivity index (χ0n) is 11.7. The van der Waals surface area contributed by atoms with Gasteiger partial charge < -0.3 is 5.32 Å². The van der Waals surface area contributed by atoms with Crippen LogP contribution in [0.15, 0.2) is 57.6 Å². The maximum atomic E-state index is 12.3. The molecular weight excluding hydrogens is 346 g/mol. The molecule has 1 N–H and O–H groups in total. The molecule has 1 heterocycles. The van der Waals surface area contributed by atoms with Crippen LogP contribution in [0.3, 0.4) is 0 Å². The zero-order chi connectivity index (χ0) is 15.5. The van der Waals surface area contributed by atoms with Crippen molar-refractivity contribution in [2.45, 2.75) is 6.92 Å². The first-order chi connectivity index (χ1) is 10.6. The summed E-state index contributed by atoms with van der Waals surface area (Å²) in [6.45, 7) is 2.00. The fraction of sp³-hybridized carbons (Fsp3) is 0.0625. The summed E-state index contributed by atoms with van der Waals surface area (Å²) in [6, 6.07) is 14.9. The summed E-state index contributed by atoms with van der Waals surface area (Å²) in [6.07, 6.45) is 0. The SMILES string of the molecule is Cc1ccc(-c2nonc2NC(=O)c2ccccc2Br)cc1. The molecule has 0 bridgehead atoms. The molecule has 110 valence electrons. The van der Waals surface area contributed by atoms with Gasteiger partial charge in [0.2, 0.25) is 5.82 Å². The Kier molecular flexibility index (Phi) is 4.02. The summed E-state index contributed by atoms with van der Waals surface area (Å²) >= 11 is 3.35. The summed E-state index contributed by atoms with van der Waals surface area (Å²) < 4.78 is 5.48. The van der Waals surface area contributed by atoms with Gasteiger partial charge in [0.15, 0.2) is 5.69 Å². The van der Waals surface area contributed by atoms with Crippen molar-refractivity contribution in [2.24, 2.45) is 0 Å². The van der Waals surface area contributed by atoms with Crippen LogP contribution >= 0.6 is 15.9 Å². The Morgan fingerprint density at radius 2 is 1.82 bits per heavy atom. The monoisotopic (exact) mass is 357 g/mol. The Morgan fingerprint density at radius 1 is 1.09 bits per heavy atom. The van der Waals surface area contributed by atoms with E-state index in [1.807, 2.05) is 37.3 Å². The maximum Gasteiger partial charge on any atom is 0.258 e. The highest BCUT2D eigenvalue weighted by molar-refractivity contribution is 9.10. The van der Waals surface area contributed by atoms with Gasteiger partial charge in [-0.2, -0.15) is 0 Å². The summed E-state index contributed by atoms with van der Waals surface area (Å²) in [7, 11) is 0. The molecule has 0 saturated heterocycles. The molecule has 3 aromatic rings. The number of amides is 1. The lowest BCUT2D eigenvalue weighted by Gasteiger charge is -2.05. The number of hydrogen-bond donors (Lipinski definition) is 1. The third kappa shape index (κ3) is 2.92. The largest absolute Gasteiger partial charge is 0.302 e. The molecule has 0 saturated carbocycles. The average Bonchev–Trinajstić information content (AvgIpc) is 2.96. The van der Waals surface area contributed by atoms with Crippen LogP contribution in [0.2, 0.25) is 0 Å². The van der Waals surface area contributed by atoms with E-state index < -0.39 is 0 Å². The second-order valence-electron chi connectivity index (χ2n) is 4.76. The van der Waals surface area contributed by atoms with Crippen molar-refractivity contribution in [3.8, 4) is 11.3 Å². The van der Waals surface area contributed by atoms with Crippen LogP contribution in [0.5, 0.6) is 0 Å². The smallest absolute Gasteiger partial charge is 0.258 e. The average molecular weight is 358 g/mol. The highest BCUT2D eigenvalue weighted by Crippen LogP contribution is 2.25. The van der Waals surface area contributed by atoms with Crippen molar-refractivity contribution in [2.75, 3.05) is 5.32 Å². The van der Waals surface area contributed by atoms with E-state index in [1.165, 1.54) is 0 Å². The van der Waals surface area contributed by atoms with Crippen LogP contribution < -0.4 is 5.32 Å². The van der Waals surface area contributed by atoms with Crippen molar-refractivity contribution in [1.29, 1.82) is 0 Å². The molecule has 0 unspecified atom stereocenters. The number of anilines is 1. The van der Waals surface area contributed by atoms with E-state index in [2.05, 4.69) is 31.6 Å². The minimum absolute atomic E-state index is 0.281. The van der Waals surface area contributed by atoms with E-state index in [0.29, 0.717) is 21.5 Å². The van der Waals surface area contributed by atoms with Gasteiger partial charge in [-0.1, -0.05) is 42.0 Å². The van der Waals surface area contributed by atoms with Crippen molar-refractivity contribution >= 4 is 27.7 Å². The molecule has 1 amide bonds. The van der Waals surface area contributed by atoms with E-state index >= 15 is 0 Å². The topological polar surface area (TPSA) is 68.0 Å². The van der Waals surface area contributed by atoms with Crippen LogP contribution in [0.25, 0.3) is 11.3 Å². The number of hydrogen-bond acceptors (Lipinski definition) is 4. The van der Waals surface area contributed by atoms with Crippen molar-refractivity contribution in [3.05, 3.63) is 64.1 Å². The lowest BCUT2D eigenvalue weighted by Crippen LogP contribution is -2.13. The lowest BCUT2D eigenvalue weighted by molar-refractivity contribution is 0.102. The first-order valence-corrected chi connectivity index (χ1v) is 7.40. The Morgan fingerprint density at radius 3 is 2.55 bits per heavy atom. The Labute approximate surface area is 135 Å². The van der Waals surface area contributed by atoms with Crippen LogP contribution in [-0.4, -0.2) is 16.2 Å². The van der Waals surface area contributed by atoms with E-state index in [0.717, 1.165) is 11.1 Å². The normalized spacial score (nSPS) is 10.5. The Hall–Kier alpha value is -2.47. The number of aromatic nitrogens is 2. The van der Waals surface area contributed by atoms with Crippen molar-refractivity contribution < 1.29 is 9.42 Å². The van der Waals surface area contributed by atoms with E-state index in [1.54, 1.807) is 18.2 Å². The number of aryl methyl sites for hydroxylation is 1. The summed E-state index contributed by atoms with van der Waals surface area (Å²) in [4.78, 5) is 12.3. The molecule has 0 atom stereocenters. The minimum Gasteiger partial charge on any atom is -0.302 e. The van der Waals surface area contributed by atoms with Gasteiger partial charge in [0.05, 0.1) is 5.56 Å². The molecule has 0 fully saturated rings. The number of halogens is 1. The minimum atomic E-state index is -0.281. The summed E-state index contributed by atoms with van der Waals surface area (Å²) in [5.41, 5.74) is 2.98. The van der Waals surface area contributed by atoms with Crippen molar-refractivity contribution in [1.82, 2.24) is 10.3 Å². The molecular formula is C16H12BrN3O2. The predicted octanol–water partition coefficient (Wildman–Crippen LogP) is 4.06. The fourth-order valence-electron chi connectivity index (χ4n) is 1.99. The highest BCUT2D eigenvalue weighted by Gasteiger charge is 2.17. The Balaban J connectivity index is 1.88. The number of benzene rings is 2. The molecule has 2 aromatic carbocycles. The first-order valence-electron chi connectivity index (χ1n) is 6.60. The van der Waals surface area contributed by atoms with Gasteiger partial charge in [-0.25, -0.2) is 4.63 Å². The first kappa shape index (κ1) is 14.5. The number of rotatable bonds is 3. The number of carbonyl (C=O) groups excluding carboxylic acids is 1. The van der Waals surface area contributed by atoms with Crippen LogP contribution in [0.4, 0.5) is 5.82 Å². The molecule has 0 aliphatic heterocycles. The van der Waals surface area contributed by atoms with Crippen LogP contribution in [-0.2, 0) is 0 Å². The molecule has 6 heteroatoms. The van der Waals surface area contributed by atoms with Crippen LogP contribution in [0.1, 0.15) is 15.9 Å². The molecule has 22 heavy (non-hydrogen) atoms. The van der Waals surface area contributed by atoms with Gasteiger partial charge >= 0.3 is 0 Å². The quantitative estimate of drug-likeness (QED) is 0.767. The predicted molar refractivity (Wildman–Crippen MR) is 86.6 cm³/mol. The fourth-order valence-corrected chi connectivity index (χ4v) is 2.46. The standard InChI is InChI=1S/C16H12BrN3O2/c1-10-6-8-11(9-7-10)14-15(20-22-19-14)18-16(21)12-4-2-3-5-13(12)17/h2-9H,1H3,(H,18,20,21). The zero-order valence-corrected chi connectivity index (χ0v) is 13.3. The molecule has 1 aromatic heterocycles. The van der Waals surface area contributed by atoms with Gasteiger partial charge in [-0.05, 0) is 45.3 Å². The summed E-state index contributed by atoms with van der Waals surface area (Å²) in [5, 5.41) is 10.4. The van der Waals surface area contributed by atoms with Gasteiger partial charge in [0, 0.05) is 10.0 Å². The molecule has 0 aliphatic rings. The third-order valence-corrected chi connectivity index (χ3v) is 3.86. The highest BCUT2D eigenvalue weighted by atomic mass is 79.9. The van der Waals surface area contributed by atoms with Crippen molar-refractivity contribution in [3.63, 3.8) is 0 Å². The Bertz CT molecular complexity index is 812. The van der Waals surface area contributed by atoms with Crippen LogP contribution in [0, 0.1) is 6.92 Å². The number of carbonyl (C=O) groups is 1.